The number of nitrogens with one attached hydrogen (secondary N) is 1. The van der Waals surface area contributed by atoms with Gasteiger partial charge in [0.05, 0.1) is 5.75 Å². The SMILES string of the molecule is O=S(=O)(CCCN1CCCC1)N1CCC(c2c[nH]c3ccc(-c4ccccc4)cc23)CC1. The fourth-order valence-electron chi connectivity index (χ4n) is 5.34. The number of likely N-dealkylation sites (tertiary alicyclic amines) is 1. The van der Waals surface area contributed by atoms with Crippen LogP contribution in [0.5, 0.6) is 0 Å². The van der Waals surface area contributed by atoms with Crippen LogP contribution in [0.2, 0.25) is 0 Å². The van der Waals surface area contributed by atoms with E-state index in [4.69, 9.17) is 0 Å². The van der Waals surface area contributed by atoms with Crippen LogP contribution in [0.15, 0.2) is 54.7 Å². The lowest BCUT2D eigenvalue weighted by molar-refractivity contribution is 0.315. The van der Waals surface area contributed by atoms with Crippen LogP contribution in [-0.4, -0.2) is 61.1 Å². The van der Waals surface area contributed by atoms with Crippen molar-refractivity contribution in [3.05, 3.63) is 60.3 Å². The fourth-order valence-corrected chi connectivity index (χ4v) is 6.86. The van der Waals surface area contributed by atoms with Gasteiger partial charge in [-0.05, 0) is 86.5 Å². The summed E-state index contributed by atoms with van der Waals surface area (Å²) in [6.45, 7) is 4.42. The Morgan fingerprint density at radius 3 is 2.41 bits per heavy atom. The second-order valence-electron chi connectivity index (χ2n) is 9.26. The van der Waals surface area contributed by atoms with Crippen LogP contribution in [0.3, 0.4) is 0 Å². The fraction of sp³-hybridized carbons (Fsp3) is 0.462. The molecule has 0 unspecified atom stereocenters. The highest BCUT2D eigenvalue weighted by atomic mass is 32.2. The number of benzene rings is 2. The smallest absolute Gasteiger partial charge is 0.214 e. The summed E-state index contributed by atoms with van der Waals surface area (Å²) in [6, 6.07) is 17.0. The van der Waals surface area contributed by atoms with Gasteiger partial charge < -0.3 is 9.88 Å². The molecule has 1 N–H and O–H groups in total. The molecular weight excluding hydrogens is 418 g/mol. The molecule has 3 heterocycles. The molecule has 2 aliphatic rings. The van der Waals surface area contributed by atoms with E-state index in [2.05, 4.69) is 58.5 Å². The lowest BCUT2D eigenvalue weighted by Gasteiger charge is -2.31. The predicted octanol–water partition coefficient (Wildman–Crippen LogP) is 4.83. The highest BCUT2D eigenvalue weighted by Gasteiger charge is 2.29. The van der Waals surface area contributed by atoms with Crippen molar-refractivity contribution in [2.45, 2.75) is 38.0 Å². The third-order valence-electron chi connectivity index (χ3n) is 7.18. The minimum Gasteiger partial charge on any atom is -0.361 e. The normalized spacial score (nSPS) is 19.1. The van der Waals surface area contributed by atoms with E-state index in [1.807, 2.05) is 6.07 Å². The molecule has 5 rings (SSSR count). The maximum Gasteiger partial charge on any atom is 0.214 e. The predicted molar refractivity (Wildman–Crippen MR) is 131 cm³/mol. The summed E-state index contributed by atoms with van der Waals surface area (Å²) in [5, 5.41) is 1.26. The van der Waals surface area contributed by atoms with Crippen molar-refractivity contribution in [2.24, 2.45) is 0 Å². The molecule has 6 heteroatoms. The first kappa shape index (κ1) is 21.7. The number of sulfonamides is 1. The third kappa shape index (κ3) is 4.63. The summed E-state index contributed by atoms with van der Waals surface area (Å²) in [7, 11) is -3.15. The largest absolute Gasteiger partial charge is 0.361 e. The average molecular weight is 452 g/mol. The number of hydrogen-bond acceptors (Lipinski definition) is 3. The van der Waals surface area contributed by atoms with Gasteiger partial charge >= 0.3 is 0 Å². The molecule has 0 radical (unpaired) electrons. The van der Waals surface area contributed by atoms with Crippen molar-refractivity contribution >= 4 is 20.9 Å². The molecule has 0 atom stereocenters. The zero-order valence-corrected chi connectivity index (χ0v) is 19.5. The van der Waals surface area contributed by atoms with E-state index >= 15 is 0 Å². The molecular formula is C26H33N3O2S. The molecule has 0 aliphatic carbocycles. The molecule has 2 aromatic carbocycles. The van der Waals surface area contributed by atoms with Crippen LogP contribution in [0.1, 0.15) is 43.6 Å². The van der Waals surface area contributed by atoms with Crippen LogP contribution in [-0.2, 0) is 10.0 Å². The molecule has 170 valence electrons. The van der Waals surface area contributed by atoms with E-state index in [0.717, 1.165) is 44.4 Å². The highest BCUT2D eigenvalue weighted by molar-refractivity contribution is 7.89. The number of aromatic amines is 1. The molecule has 2 aliphatic heterocycles. The highest BCUT2D eigenvalue weighted by Crippen LogP contribution is 2.35. The van der Waals surface area contributed by atoms with Crippen LogP contribution >= 0.6 is 0 Å². The maximum atomic E-state index is 12.9. The van der Waals surface area contributed by atoms with Crippen LogP contribution in [0.25, 0.3) is 22.0 Å². The number of H-pyrrole nitrogens is 1. The van der Waals surface area contributed by atoms with E-state index in [1.54, 1.807) is 4.31 Å². The van der Waals surface area contributed by atoms with E-state index in [9.17, 15) is 8.42 Å². The average Bonchev–Trinajstić information content (AvgIpc) is 3.49. The van der Waals surface area contributed by atoms with Crippen molar-refractivity contribution in [1.29, 1.82) is 0 Å². The van der Waals surface area contributed by atoms with Gasteiger partial charge in [0.2, 0.25) is 10.0 Å². The Morgan fingerprint density at radius 2 is 1.66 bits per heavy atom. The number of hydrogen-bond donors (Lipinski definition) is 1. The summed E-state index contributed by atoms with van der Waals surface area (Å²) < 4.78 is 27.5. The van der Waals surface area contributed by atoms with Gasteiger partial charge in [-0.1, -0.05) is 36.4 Å². The Morgan fingerprint density at radius 1 is 0.906 bits per heavy atom. The van der Waals surface area contributed by atoms with Gasteiger partial charge in [-0.15, -0.1) is 0 Å². The molecule has 1 aromatic heterocycles. The van der Waals surface area contributed by atoms with Gasteiger partial charge in [-0.3, -0.25) is 0 Å². The first-order chi connectivity index (χ1) is 15.6. The number of nitrogens with zero attached hydrogens (tertiary/aromatic N) is 2. The van der Waals surface area contributed by atoms with Gasteiger partial charge in [0.15, 0.2) is 0 Å². The summed E-state index contributed by atoms with van der Waals surface area (Å²) in [5.41, 5.74) is 4.91. The van der Waals surface area contributed by atoms with E-state index < -0.39 is 10.0 Å². The van der Waals surface area contributed by atoms with Crippen molar-refractivity contribution in [2.75, 3.05) is 38.5 Å². The summed E-state index contributed by atoms with van der Waals surface area (Å²) in [5.74, 6) is 0.674. The molecule has 2 saturated heterocycles. The topological polar surface area (TPSA) is 56.4 Å². The number of piperidine rings is 1. The van der Waals surface area contributed by atoms with Crippen molar-refractivity contribution in [3.63, 3.8) is 0 Å². The Bertz CT molecular complexity index is 1140. The number of aromatic nitrogens is 1. The molecule has 5 nitrogen and oxygen atoms in total. The first-order valence-corrected chi connectivity index (χ1v) is 13.6. The quantitative estimate of drug-likeness (QED) is 0.560. The molecule has 0 saturated carbocycles. The zero-order valence-electron chi connectivity index (χ0n) is 18.7. The lowest BCUT2D eigenvalue weighted by Crippen LogP contribution is -2.39. The standard InChI is InChI=1S/C26H33N3O2S/c30-32(31,18-6-15-28-13-4-5-14-28)29-16-11-22(12-17-29)25-20-27-26-10-9-23(19-24(25)26)21-7-2-1-3-8-21/h1-3,7-10,19-20,22,27H,4-6,11-18H2. The van der Waals surface area contributed by atoms with Crippen molar-refractivity contribution in [3.8, 4) is 11.1 Å². The molecule has 2 fully saturated rings. The summed E-state index contributed by atoms with van der Waals surface area (Å²) >= 11 is 0. The Balaban J connectivity index is 1.24. The molecule has 0 spiro atoms. The van der Waals surface area contributed by atoms with Crippen LogP contribution in [0.4, 0.5) is 0 Å². The van der Waals surface area contributed by atoms with Crippen LogP contribution in [0, 0.1) is 0 Å². The molecule has 0 bridgehead atoms. The van der Waals surface area contributed by atoms with Gasteiger partial charge in [0.25, 0.3) is 0 Å². The monoisotopic (exact) mass is 451 g/mol. The molecule has 0 amide bonds. The summed E-state index contributed by atoms with van der Waals surface area (Å²) in [6.07, 6.45) is 7.14. The van der Waals surface area contributed by atoms with Crippen molar-refractivity contribution < 1.29 is 8.42 Å². The minimum absolute atomic E-state index is 0.279. The Labute approximate surface area is 191 Å². The van der Waals surface area contributed by atoms with Crippen LogP contribution < -0.4 is 0 Å². The number of rotatable bonds is 7. The second kappa shape index (κ2) is 9.38. The molecule has 32 heavy (non-hydrogen) atoms. The Kier molecular flexibility index (Phi) is 6.35. The van der Waals surface area contributed by atoms with E-state index in [-0.39, 0.29) is 5.75 Å². The first-order valence-electron chi connectivity index (χ1n) is 12.0. The number of fused-ring (bicyclic) bond motifs is 1. The van der Waals surface area contributed by atoms with E-state index in [1.165, 1.54) is 34.9 Å². The van der Waals surface area contributed by atoms with E-state index in [0.29, 0.717) is 19.0 Å². The maximum absolute atomic E-state index is 12.9. The zero-order chi connectivity index (χ0) is 22.0. The van der Waals surface area contributed by atoms with Gasteiger partial charge in [-0.25, -0.2) is 12.7 Å². The molecule has 3 aromatic rings. The summed E-state index contributed by atoms with van der Waals surface area (Å²) in [4.78, 5) is 5.82. The lowest BCUT2D eigenvalue weighted by atomic mass is 9.89. The van der Waals surface area contributed by atoms with Gasteiger partial charge in [0.1, 0.15) is 0 Å². The minimum atomic E-state index is -3.15. The van der Waals surface area contributed by atoms with Gasteiger partial charge in [0, 0.05) is 30.2 Å². The van der Waals surface area contributed by atoms with Gasteiger partial charge in [-0.2, -0.15) is 0 Å². The Hall–Kier alpha value is -2.15. The third-order valence-corrected chi connectivity index (χ3v) is 9.14. The van der Waals surface area contributed by atoms with Crippen molar-refractivity contribution in [1.82, 2.24) is 14.2 Å². The second-order valence-corrected chi connectivity index (χ2v) is 11.4.